The average molecular weight is 126 g/mol. The maximum Gasteiger partial charge on any atom is 0.0829 e. The Bertz CT molecular complexity index is 130. The van der Waals surface area contributed by atoms with Crippen LogP contribution >= 0.6 is 0 Å². The van der Waals surface area contributed by atoms with Crippen molar-refractivity contribution in [2.24, 2.45) is 11.5 Å². The molecule has 0 heterocycles. The predicted molar refractivity (Wildman–Crippen MR) is 38.7 cm³/mol. The first-order valence-corrected chi connectivity index (χ1v) is 3.38. The lowest BCUT2D eigenvalue weighted by Gasteiger charge is -2.19. The van der Waals surface area contributed by atoms with Crippen LogP contribution < -0.4 is 11.5 Å². The largest absolute Gasteiger partial charge is 0.310 e. The molecule has 4 N–H and O–H groups in total. The summed E-state index contributed by atoms with van der Waals surface area (Å²) in [5.41, 5.74) is 12.0. The molecule has 9 heavy (non-hydrogen) atoms. The molecule has 0 spiro atoms. The van der Waals surface area contributed by atoms with Crippen molar-refractivity contribution in [3.05, 3.63) is 11.6 Å². The zero-order chi connectivity index (χ0) is 6.91. The van der Waals surface area contributed by atoms with Gasteiger partial charge in [0, 0.05) is 0 Å². The molecule has 0 fully saturated rings. The number of allylic oxidation sites excluding steroid dienone is 1. The Morgan fingerprint density at radius 3 is 2.44 bits per heavy atom. The molecule has 1 rings (SSSR count). The van der Waals surface area contributed by atoms with Gasteiger partial charge in [0.2, 0.25) is 0 Å². The second-order valence-electron chi connectivity index (χ2n) is 2.90. The van der Waals surface area contributed by atoms with Crippen LogP contribution in [0, 0.1) is 0 Å². The van der Waals surface area contributed by atoms with Gasteiger partial charge in [-0.3, -0.25) is 0 Å². The van der Waals surface area contributed by atoms with Gasteiger partial charge in [-0.25, -0.2) is 0 Å². The average Bonchev–Trinajstić information content (AvgIpc) is 2.08. The van der Waals surface area contributed by atoms with E-state index in [1.165, 1.54) is 12.0 Å². The van der Waals surface area contributed by atoms with Crippen LogP contribution in [0.4, 0.5) is 0 Å². The fourth-order valence-corrected chi connectivity index (χ4v) is 1.16. The molecule has 0 aliphatic heterocycles. The highest BCUT2D eigenvalue weighted by Crippen LogP contribution is 2.22. The monoisotopic (exact) mass is 126 g/mol. The molecule has 0 saturated heterocycles. The van der Waals surface area contributed by atoms with E-state index in [1.807, 2.05) is 6.92 Å². The fraction of sp³-hybridized carbons (Fsp3) is 0.714. The van der Waals surface area contributed by atoms with E-state index >= 15 is 0 Å². The van der Waals surface area contributed by atoms with Crippen LogP contribution in [0.1, 0.15) is 26.2 Å². The van der Waals surface area contributed by atoms with Gasteiger partial charge in [-0.15, -0.1) is 0 Å². The van der Waals surface area contributed by atoms with E-state index in [0.29, 0.717) is 0 Å². The van der Waals surface area contributed by atoms with Gasteiger partial charge in [0.1, 0.15) is 0 Å². The molecule has 0 aromatic carbocycles. The van der Waals surface area contributed by atoms with Gasteiger partial charge in [-0.1, -0.05) is 6.08 Å². The van der Waals surface area contributed by atoms with Crippen molar-refractivity contribution in [1.82, 2.24) is 0 Å². The highest BCUT2D eigenvalue weighted by atomic mass is 14.9. The highest BCUT2D eigenvalue weighted by Gasteiger charge is 2.19. The van der Waals surface area contributed by atoms with E-state index in [2.05, 4.69) is 6.08 Å². The van der Waals surface area contributed by atoms with Gasteiger partial charge < -0.3 is 11.5 Å². The summed E-state index contributed by atoms with van der Waals surface area (Å²) in [5.74, 6) is 0. The van der Waals surface area contributed by atoms with Crippen molar-refractivity contribution >= 4 is 0 Å². The first kappa shape index (κ1) is 6.78. The number of nitrogens with two attached hydrogens (primary N) is 2. The Labute approximate surface area is 55.9 Å². The van der Waals surface area contributed by atoms with Crippen molar-refractivity contribution in [3.63, 3.8) is 0 Å². The smallest absolute Gasteiger partial charge is 0.0829 e. The van der Waals surface area contributed by atoms with Crippen LogP contribution in [0.2, 0.25) is 0 Å². The third kappa shape index (κ3) is 1.53. The molecule has 2 heteroatoms. The van der Waals surface area contributed by atoms with Crippen LogP contribution in [-0.4, -0.2) is 5.66 Å². The van der Waals surface area contributed by atoms with E-state index in [-0.39, 0.29) is 0 Å². The molecule has 52 valence electrons. The van der Waals surface area contributed by atoms with Gasteiger partial charge in [-0.05, 0) is 31.8 Å². The van der Waals surface area contributed by atoms with Crippen LogP contribution in [0.5, 0.6) is 0 Å². The minimum Gasteiger partial charge on any atom is -0.310 e. The summed E-state index contributed by atoms with van der Waals surface area (Å²) in [4.78, 5) is 0. The van der Waals surface area contributed by atoms with Crippen molar-refractivity contribution in [1.29, 1.82) is 0 Å². The molecular weight excluding hydrogens is 112 g/mol. The fourth-order valence-electron chi connectivity index (χ4n) is 1.16. The number of hydrogen-bond acceptors (Lipinski definition) is 2. The summed E-state index contributed by atoms with van der Waals surface area (Å²) in [6.07, 6.45) is 5.61. The maximum atomic E-state index is 5.65. The Hall–Kier alpha value is -0.340. The lowest BCUT2D eigenvalue weighted by molar-refractivity contribution is 0.560. The van der Waals surface area contributed by atoms with Crippen LogP contribution in [0.3, 0.4) is 0 Å². The molecule has 0 saturated carbocycles. The third-order valence-electron chi connectivity index (χ3n) is 1.73. The van der Waals surface area contributed by atoms with Crippen LogP contribution in [0.15, 0.2) is 11.6 Å². The van der Waals surface area contributed by atoms with Crippen LogP contribution in [-0.2, 0) is 0 Å². The Morgan fingerprint density at radius 2 is 2.22 bits per heavy atom. The summed E-state index contributed by atoms with van der Waals surface area (Å²) in [6, 6.07) is 0. The first-order chi connectivity index (χ1) is 4.11. The second-order valence-corrected chi connectivity index (χ2v) is 2.90. The Kier molecular flexibility index (Phi) is 1.60. The molecule has 1 aliphatic rings. The van der Waals surface area contributed by atoms with Crippen molar-refractivity contribution in [2.45, 2.75) is 31.8 Å². The van der Waals surface area contributed by atoms with Gasteiger partial charge in [0.05, 0.1) is 5.66 Å². The molecule has 2 nitrogen and oxygen atoms in total. The van der Waals surface area contributed by atoms with Gasteiger partial charge >= 0.3 is 0 Å². The first-order valence-electron chi connectivity index (χ1n) is 3.38. The van der Waals surface area contributed by atoms with E-state index < -0.39 is 5.66 Å². The normalized spacial score (nSPS) is 20.1. The van der Waals surface area contributed by atoms with Crippen molar-refractivity contribution < 1.29 is 0 Å². The summed E-state index contributed by atoms with van der Waals surface area (Å²) < 4.78 is 0. The second kappa shape index (κ2) is 2.12. The molecule has 1 aliphatic carbocycles. The minimum atomic E-state index is -0.559. The van der Waals surface area contributed by atoms with Gasteiger partial charge in [0.15, 0.2) is 0 Å². The molecule has 0 aromatic rings. The molecule has 0 radical (unpaired) electrons. The summed E-state index contributed by atoms with van der Waals surface area (Å²) >= 11 is 0. The molecule has 0 aromatic heterocycles. The quantitative estimate of drug-likeness (QED) is 0.402. The summed E-state index contributed by atoms with van der Waals surface area (Å²) in [6.45, 7) is 1.85. The zero-order valence-electron chi connectivity index (χ0n) is 5.85. The van der Waals surface area contributed by atoms with E-state index in [1.54, 1.807) is 0 Å². The number of hydrogen-bond donors (Lipinski definition) is 2. The molecule has 0 atom stereocenters. The zero-order valence-corrected chi connectivity index (χ0v) is 5.85. The molecule has 0 bridgehead atoms. The molecular formula is C7H14N2. The van der Waals surface area contributed by atoms with Gasteiger partial charge in [-0.2, -0.15) is 0 Å². The maximum absolute atomic E-state index is 5.65. The third-order valence-corrected chi connectivity index (χ3v) is 1.73. The van der Waals surface area contributed by atoms with Gasteiger partial charge in [0.25, 0.3) is 0 Å². The SMILES string of the molecule is CC(N)(N)C1=CCCC1. The lowest BCUT2D eigenvalue weighted by atomic mass is 10.0. The molecule has 0 unspecified atom stereocenters. The lowest BCUT2D eigenvalue weighted by Crippen LogP contribution is -2.47. The highest BCUT2D eigenvalue weighted by molar-refractivity contribution is 5.18. The number of rotatable bonds is 1. The van der Waals surface area contributed by atoms with E-state index in [4.69, 9.17) is 11.5 Å². The molecule has 0 amide bonds. The van der Waals surface area contributed by atoms with Crippen molar-refractivity contribution in [2.75, 3.05) is 0 Å². The van der Waals surface area contributed by atoms with Crippen LogP contribution in [0.25, 0.3) is 0 Å². The summed E-state index contributed by atoms with van der Waals surface area (Å²) in [5, 5.41) is 0. The predicted octanol–water partition coefficient (Wildman–Crippen LogP) is 0.730. The standard InChI is InChI=1S/C7H14N2/c1-7(8,9)6-4-2-3-5-6/h4H,2-3,5,8-9H2,1H3. The van der Waals surface area contributed by atoms with E-state index in [0.717, 1.165) is 12.8 Å². The van der Waals surface area contributed by atoms with Crippen molar-refractivity contribution in [3.8, 4) is 0 Å². The minimum absolute atomic E-state index is 0.559. The Balaban J connectivity index is 2.61. The topological polar surface area (TPSA) is 52.0 Å². The Morgan fingerprint density at radius 1 is 1.56 bits per heavy atom. The summed E-state index contributed by atoms with van der Waals surface area (Å²) in [7, 11) is 0. The van der Waals surface area contributed by atoms with E-state index in [9.17, 15) is 0 Å².